The standard InChI is InChI=1S/C32H36N2O6/c1-31(2,3)39-28(35)17-24-11-7-8-13-27(24)37-19-22-15-25(29-26(16-22)34-20-38-29)23-12-9-10-21(14-23)18-33-30(36)40-32(4,5)6/h7-16,20H,17-19H2,1-6H3,(H,33,36). The number of hydrogen-bond acceptors (Lipinski definition) is 7. The van der Waals surface area contributed by atoms with Crippen LogP contribution in [0.4, 0.5) is 4.79 Å². The molecule has 0 bridgehead atoms. The molecule has 3 aromatic carbocycles. The van der Waals surface area contributed by atoms with Crippen LogP contribution in [0.2, 0.25) is 0 Å². The summed E-state index contributed by atoms with van der Waals surface area (Å²) in [6.07, 6.45) is 1.06. The average molecular weight is 545 g/mol. The topological polar surface area (TPSA) is 99.9 Å². The SMILES string of the molecule is CC(C)(C)OC(=O)Cc1ccccc1OCc1cc(-c2cccc(CNC(=O)OC(C)(C)C)c2)c2ocnc2c1. The maximum absolute atomic E-state index is 12.4. The van der Waals surface area contributed by atoms with Crippen molar-refractivity contribution >= 4 is 23.2 Å². The van der Waals surface area contributed by atoms with Crippen LogP contribution in [0.15, 0.2) is 71.5 Å². The first-order valence-electron chi connectivity index (χ1n) is 13.2. The molecule has 8 heteroatoms. The number of amides is 1. The fourth-order valence-corrected chi connectivity index (χ4v) is 4.15. The Morgan fingerprint density at radius 2 is 1.62 bits per heavy atom. The van der Waals surface area contributed by atoms with E-state index in [0.29, 0.717) is 23.4 Å². The third-order valence-electron chi connectivity index (χ3n) is 5.69. The van der Waals surface area contributed by atoms with Gasteiger partial charge in [-0.2, -0.15) is 0 Å². The van der Waals surface area contributed by atoms with E-state index < -0.39 is 17.3 Å². The molecule has 4 aromatic rings. The first kappa shape index (κ1) is 28.7. The number of alkyl carbamates (subject to hydrolysis) is 1. The first-order chi connectivity index (χ1) is 18.9. The van der Waals surface area contributed by atoms with Crippen LogP contribution < -0.4 is 10.1 Å². The summed E-state index contributed by atoms with van der Waals surface area (Å²) in [6, 6.07) is 19.2. The lowest BCUT2D eigenvalue weighted by Gasteiger charge is -2.20. The van der Waals surface area contributed by atoms with Crippen LogP contribution in [-0.2, 0) is 33.8 Å². The molecular formula is C32H36N2O6. The van der Waals surface area contributed by atoms with Gasteiger partial charge in [0.25, 0.3) is 0 Å². The first-order valence-corrected chi connectivity index (χ1v) is 13.2. The predicted octanol–water partition coefficient (Wildman–Crippen LogP) is 6.98. The normalized spacial score (nSPS) is 11.8. The van der Waals surface area contributed by atoms with E-state index in [2.05, 4.69) is 10.3 Å². The molecule has 0 radical (unpaired) electrons. The largest absolute Gasteiger partial charge is 0.489 e. The molecule has 0 saturated heterocycles. The number of aromatic nitrogens is 1. The highest BCUT2D eigenvalue weighted by Gasteiger charge is 2.19. The maximum atomic E-state index is 12.4. The Labute approximate surface area is 234 Å². The monoisotopic (exact) mass is 544 g/mol. The van der Waals surface area contributed by atoms with E-state index in [9.17, 15) is 9.59 Å². The molecule has 0 unspecified atom stereocenters. The fraction of sp³-hybridized carbons (Fsp3) is 0.344. The van der Waals surface area contributed by atoms with Crippen molar-refractivity contribution in [3.8, 4) is 16.9 Å². The van der Waals surface area contributed by atoms with Gasteiger partial charge < -0.3 is 23.9 Å². The Balaban J connectivity index is 1.52. The number of hydrogen-bond donors (Lipinski definition) is 1. The van der Waals surface area contributed by atoms with Gasteiger partial charge in [-0.05, 0) is 82.5 Å². The van der Waals surface area contributed by atoms with Gasteiger partial charge >= 0.3 is 12.1 Å². The van der Waals surface area contributed by atoms with E-state index in [1.54, 1.807) is 0 Å². The Morgan fingerprint density at radius 1 is 0.875 bits per heavy atom. The molecule has 8 nitrogen and oxygen atoms in total. The van der Waals surface area contributed by atoms with Crippen LogP contribution in [0.3, 0.4) is 0 Å². The smallest absolute Gasteiger partial charge is 0.407 e. The van der Waals surface area contributed by atoms with Crippen LogP contribution in [0.25, 0.3) is 22.2 Å². The minimum absolute atomic E-state index is 0.116. The highest BCUT2D eigenvalue weighted by Crippen LogP contribution is 2.31. The second-order valence-corrected chi connectivity index (χ2v) is 11.6. The maximum Gasteiger partial charge on any atom is 0.407 e. The molecule has 40 heavy (non-hydrogen) atoms. The molecular weight excluding hydrogens is 508 g/mol. The zero-order valence-electron chi connectivity index (χ0n) is 23.9. The molecule has 210 valence electrons. The van der Waals surface area contributed by atoms with Crippen molar-refractivity contribution in [3.05, 3.63) is 83.7 Å². The van der Waals surface area contributed by atoms with E-state index in [1.807, 2.05) is 102 Å². The average Bonchev–Trinajstić information content (AvgIpc) is 3.33. The molecule has 0 atom stereocenters. The van der Waals surface area contributed by atoms with Crippen molar-refractivity contribution in [1.82, 2.24) is 10.3 Å². The Hall–Kier alpha value is -4.33. The van der Waals surface area contributed by atoms with Gasteiger partial charge in [-0.3, -0.25) is 4.79 Å². The highest BCUT2D eigenvalue weighted by atomic mass is 16.6. The summed E-state index contributed by atoms with van der Waals surface area (Å²) in [4.78, 5) is 28.9. The summed E-state index contributed by atoms with van der Waals surface area (Å²) >= 11 is 0. The van der Waals surface area contributed by atoms with Crippen molar-refractivity contribution in [2.75, 3.05) is 0 Å². The van der Waals surface area contributed by atoms with Crippen LogP contribution in [0, 0.1) is 0 Å². The summed E-state index contributed by atoms with van der Waals surface area (Å²) in [5.74, 6) is 0.307. The number of carbonyl (C=O) groups is 2. The van der Waals surface area contributed by atoms with Gasteiger partial charge in [-0.25, -0.2) is 9.78 Å². The van der Waals surface area contributed by atoms with E-state index in [0.717, 1.165) is 27.8 Å². The molecule has 1 amide bonds. The van der Waals surface area contributed by atoms with Crippen LogP contribution in [0.5, 0.6) is 5.75 Å². The van der Waals surface area contributed by atoms with Crippen molar-refractivity contribution in [3.63, 3.8) is 0 Å². The number of esters is 1. The van der Waals surface area contributed by atoms with Crippen LogP contribution in [-0.4, -0.2) is 28.2 Å². The van der Waals surface area contributed by atoms with Crippen LogP contribution >= 0.6 is 0 Å². The lowest BCUT2D eigenvalue weighted by molar-refractivity contribution is -0.153. The number of carbonyl (C=O) groups excluding carboxylic acids is 2. The predicted molar refractivity (Wildman–Crippen MR) is 153 cm³/mol. The van der Waals surface area contributed by atoms with E-state index in [4.69, 9.17) is 18.6 Å². The molecule has 4 rings (SSSR count). The summed E-state index contributed by atoms with van der Waals surface area (Å²) in [5, 5.41) is 2.80. The number of rotatable bonds is 8. The second kappa shape index (κ2) is 11.8. The van der Waals surface area contributed by atoms with E-state index in [-0.39, 0.29) is 19.0 Å². The van der Waals surface area contributed by atoms with Gasteiger partial charge in [-0.15, -0.1) is 0 Å². The van der Waals surface area contributed by atoms with Gasteiger partial charge in [0.15, 0.2) is 12.0 Å². The van der Waals surface area contributed by atoms with Gasteiger partial charge in [0.2, 0.25) is 0 Å². The Morgan fingerprint density at radius 3 is 2.38 bits per heavy atom. The van der Waals surface area contributed by atoms with Crippen molar-refractivity contribution in [2.45, 2.75) is 72.3 Å². The molecule has 0 aliphatic rings. The molecule has 0 aliphatic heterocycles. The van der Waals surface area contributed by atoms with Crippen molar-refractivity contribution in [2.24, 2.45) is 0 Å². The molecule has 1 N–H and O–H groups in total. The summed E-state index contributed by atoms with van der Waals surface area (Å²) in [7, 11) is 0. The fourth-order valence-electron chi connectivity index (χ4n) is 4.15. The van der Waals surface area contributed by atoms with Crippen LogP contribution in [0.1, 0.15) is 58.2 Å². The number of ether oxygens (including phenoxy) is 3. The van der Waals surface area contributed by atoms with Crippen molar-refractivity contribution in [1.29, 1.82) is 0 Å². The molecule has 1 aromatic heterocycles. The lowest BCUT2D eigenvalue weighted by Crippen LogP contribution is -2.32. The lowest BCUT2D eigenvalue weighted by atomic mass is 10.00. The van der Waals surface area contributed by atoms with Gasteiger partial charge in [0.1, 0.15) is 29.1 Å². The van der Waals surface area contributed by atoms with Gasteiger partial charge in [0.05, 0.1) is 6.42 Å². The summed E-state index contributed by atoms with van der Waals surface area (Å²) < 4.78 is 22.7. The summed E-state index contributed by atoms with van der Waals surface area (Å²) in [6.45, 7) is 11.6. The Kier molecular flexibility index (Phi) is 8.47. The quantitative estimate of drug-likeness (QED) is 0.239. The number of oxazole rings is 1. The number of benzene rings is 3. The van der Waals surface area contributed by atoms with Gasteiger partial charge in [0, 0.05) is 17.7 Å². The zero-order valence-corrected chi connectivity index (χ0v) is 23.9. The van der Waals surface area contributed by atoms with Crippen molar-refractivity contribution < 1.29 is 28.2 Å². The highest BCUT2D eigenvalue weighted by molar-refractivity contribution is 5.91. The molecule has 0 saturated carbocycles. The summed E-state index contributed by atoms with van der Waals surface area (Å²) in [5.41, 5.74) is 4.57. The minimum atomic E-state index is -0.567. The van der Waals surface area contributed by atoms with E-state index >= 15 is 0 Å². The van der Waals surface area contributed by atoms with E-state index in [1.165, 1.54) is 6.39 Å². The number of nitrogens with one attached hydrogen (secondary N) is 1. The molecule has 0 spiro atoms. The second-order valence-electron chi connectivity index (χ2n) is 11.6. The molecule has 0 fully saturated rings. The third-order valence-corrected chi connectivity index (χ3v) is 5.69. The number of para-hydroxylation sites is 1. The molecule has 0 aliphatic carbocycles. The number of fused-ring (bicyclic) bond motifs is 1. The third kappa shape index (κ3) is 8.09. The zero-order chi connectivity index (χ0) is 28.9. The molecule has 1 heterocycles. The van der Waals surface area contributed by atoms with Gasteiger partial charge in [-0.1, -0.05) is 36.4 Å². The number of nitrogens with zero attached hydrogens (tertiary/aromatic N) is 1. The Bertz CT molecular complexity index is 1490. The minimum Gasteiger partial charge on any atom is -0.489 e.